The molecule has 1 N–H and O–H groups in total. The first-order valence-electron chi connectivity index (χ1n) is 7.12. The van der Waals surface area contributed by atoms with Crippen LogP contribution in [-0.2, 0) is 4.74 Å². The summed E-state index contributed by atoms with van der Waals surface area (Å²) in [5, 5.41) is 2.86. The number of rotatable bonds is 2. The molecule has 1 amide bonds. The van der Waals surface area contributed by atoms with Crippen LogP contribution in [0.25, 0.3) is 0 Å². The standard InChI is InChI=1S/C16H23NO2/c1-11-8-6-9-14(13(11)3)17-16(18)19-15-10-5-4-7-12(15)2/h6,8-9,12,15H,4-5,7,10H2,1-3H3,(H,17,18)/t12-,15-/m0/s1. The van der Waals surface area contributed by atoms with Crippen LogP contribution in [0.5, 0.6) is 0 Å². The molecule has 0 spiro atoms. The third kappa shape index (κ3) is 3.49. The molecule has 1 fully saturated rings. The second-order valence-electron chi connectivity index (χ2n) is 5.58. The number of amides is 1. The zero-order valence-corrected chi connectivity index (χ0v) is 12.0. The molecule has 2 rings (SSSR count). The molecule has 0 bridgehead atoms. The minimum atomic E-state index is -0.326. The van der Waals surface area contributed by atoms with Gasteiger partial charge in [0.15, 0.2) is 0 Å². The first kappa shape index (κ1) is 13.9. The summed E-state index contributed by atoms with van der Waals surface area (Å²) >= 11 is 0. The van der Waals surface area contributed by atoms with E-state index in [-0.39, 0.29) is 12.2 Å². The van der Waals surface area contributed by atoms with Crippen LogP contribution in [0.15, 0.2) is 18.2 Å². The second-order valence-corrected chi connectivity index (χ2v) is 5.58. The maximum Gasteiger partial charge on any atom is 0.411 e. The molecule has 3 nitrogen and oxygen atoms in total. The number of carbonyl (C=O) groups is 1. The Labute approximate surface area is 115 Å². The molecule has 0 radical (unpaired) electrons. The van der Waals surface area contributed by atoms with Crippen LogP contribution >= 0.6 is 0 Å². The number of nitrogens with one attached hydrogen (secondary N) is 1. The van der Waals surface area contributed by atoms with Gasteiger partial charge in [0.05, 0.1) is 0 Å². The summed E-state index contributed by atoms with van der Waals surface area (Å²) in [6.07, 6.45) is 4.29. The minimum Gasteiger partial charge on any atom is -0.446 e. The van der Waals surface area contributed by atoms with Crippen LogP contribution in [0.2, 0.25) is 0 Å². The number of carbonyl (C=O) groups excluding carboxylic acids is 1. The van der Waals surface area contributed by atoms with Crippen LogP contribution in [0, 0.1) is 19.8 Å². The Kier molecular flexibility index (Phi) is 4.46. The molecule has 2 atom stereocenters. The SMILES string of the molecule is Cc1cccc(NC(=O)O[C@H]2CCCC[C@@H]2C)c1C. The van der Waals surface area contributed by atoms with E-state index in [0.29, 0.717) is 5.92 Å². The van der Waals surface area contributed by atoms with Gasteiger partial charge in [-0.1, -0.05) is 25.5 Å². The summed E-state index contributed by atoms with van der Waals surface area (Å²) in [5.41, 5.74) is 3.11. The Bertz CT molecular complexity index is 456. The third-order valence-electron chi connectivity index (χ3n) is 4.13. The number of anilines is 1. The summed E-state index contributed by atoms with van der Waals surface area (Å²) in [7, 11) is 0. The molecular formula is C16H23NO2. The molecule has 1 aromatic rings. The molecule has 104 valence electrons. The Morgan fingerprint density at radius 1 is 1.26 bits per heavy atom. The average Bonchev–Trinajstić information content (AvgIpc) is 2.38. The van der Waals surface area contributed by atoms with Crippen LogP contribution in [0.1, 0.15) is 43.7 Å². The van der Waals surface area contributed by atoms with E-state index in [0.717, 1.165) is 30.5 Å². The zero-order chi connectivity index (χ0) is 13.8. The summed E-state index contributed by atoms with van der Waals surface area (Å²) in [6.45, 7) is 6.21. The van der Waals surface area contributed by atoms with Gasteiger partial charge in [0, 0.05) is 5.69 Å². The van der Waals surface area contributed by atoms with Gasteiger partial charge in [-0.05, 0) is 56.2 Å². The predicted octanol–water partition coefficient (Wildman–Crippen LogP) is 4.43. The van der Waals surface area contributed by atoms with Crippen molar-refractivity contribution in [2.75, 3.05) is 5.32 Å². The Morgan fingerprint density at radius 2 is 2.00 bits per heavy atom. The molecule has 0 unspecified atom stereocenters. The van der Waals surface area contributed by atoms with Gasteiger partial charge in [-0.25, -0.2) is 4.79 Å². The van der Waals surface area contributed by atoms with E-state index in [1.54, 1.807) is 0 Å². The number of aryl methyl sites for hydroxylation is 1. The van der Waals surface area contributed by atoms with Gasteiger partial charge in [-0.3, -0.25) is 5.32 Å². The number of hydrogen-bond donors (Lipinski definition) is 1. The van der Waals surface area contributed by atoms with E-state index in [1.165, 1.54) is 12.0 Å². The fourth-order valence-corrected chi connectivity index (χ4v) is 2.62. The number of ether oxygens (including phenoxy) is 1. The Balaban J connectivity index is 1.95. The topological polar surface area (TPSA) is 38.3 Å². The zero-order valence-electron chi connectivity index (χ0n) is 12.0. The van der Waals surface area contributed by atoms with Crippen molar-refractivity contribution in [3.05, 3.63) is 29.3 Å². The summed E-state index contributed by atoms with van der Waals surface area (Å²) < 4.78 is 5.55. The molecule has 0 heterocycles. The molecule has 1 saturated carbocycles. The highest BCUT2D eigenvalue weighted by Gasteiger charge is 2.24. The smallest absolute Gasteiger partial charge is 0.411 e. The maximum absolute atomic E-state index is 12.0. The van der Waals surface area contributed by atoms with E-state index in [9.17, 15) is 4.79 Å². The fourth-order valence-electron chi connectivity index (χ4n) is 2.62. The maximum atomic E-state index is 12.0. The van der Waals surface area contributed by atoms with Crippen LogP contribution < -0.4 is 5.32 Å². The first-order valence-corrected chi connectivity index (χ1v) is 7.12. The summed E-state index contributed by atoms with van der Waals surface area (Å²) in [4.78, 5) is 12.0. The Morgan fingerprint density at radius 3 is 2.74 bits per heavy atom. The van der Waals surface area contributed by atoms with Gasteiger partial charge in [0.2, 0.25) is 0 Å². The third-order valence-corrected chi connectivity index (χ3v) is 4.13. The van der Waals surface area contributed by atoms with Crippen molar-refractivity contribution < 1.29 is 9.53 Å². The normalized spacial score (nSPS) is 22.9. The number of hydrogen-bond acceptors (Lipinski definition) is 2. The van der Waals surface area contributed by atoms with Crippen molar-refractivity contribution in [2.24, 2.45) is 5.92 Å². The van der Waals surface area contributed by atoms with Gasteiger partial charge in [0.1, 0.15) is 6.10 Å². The van der Waals surface area contributed by atoms with Crippen molar-refractivity contribution in [1.82, 2.24) is 0 Å². The molecule has 0 aliphatic heterocycles. The van der Waals surface area contributed by atoms with Crippen molar-refractivity contribution >= 4 is 11.8 Å². The molecular weight excluding hydrogens is 238 g/mol. The first-order chi connectivity index (χ1) is 9.08. The summed E-state index contributed by atoms with van der Waals surface area (Å²) in [6, 6.07) is 5.89. The highest BCUT2D eigenvalue weighted by Crippen LogP contribution is 2.27. The van der Waals surface area contributed by atoms with Gasteiger partial charge in [-0.2, -0.15) is 0 Å². The predicted molar refractivity (Wildman–Crippen MR) is 77.4 cm³/mol. The average molecular weight is 261 g/mol. The monoisotopic (exact) mass is 261 g/mol. The number of benzene rings is 1. The quantitative estimate of drug-likeness (QED) is 0.855. The van der Waals surface area contributed by atoms with Crippen LogP contribution in [0.4, 0.5) is 10.5 Å². The molecule has 1 aliphatic carbocycles. The lowest BCUT2D eigenvalue weighted by Crippen LogP contribution is -2.30. The molecule has 0 saturated heterocycles. The lowest BCUT2D eigenvalue weighted by Gasteiger charge is -2.28. The van der Waals surface area contributed by atoms with E-state index >= 15 is 0 Å². The van der Waals surface area contributed by atoms with Gasteiger partial charge < -0.3 is 4.74 Å². The van der Waals surface area contributed by atoms with E-state index < -0.39 is 0 Å². The van der Waals surface area contributed by atoms with E-state index in [2.05, 4.69) is 12.2 Å². The van der Waals surface area contributed by atoms with Crippen LogP contribution in [-0.4, -0.2) is 12.2 Å². The molecule has 1 aromatic carbocycles. The van der Waals surface area contributed by atoms with Crippen molar-refractivity contribution in [3.8, 4) is 0 Å². The van der Waals surface area contributed by atoms with Gasteiger partial charge >= 0.3 is 6.09 Å². The summed E-state index contributed by atoms with van der Waals surface area (Å²) in [5.74, 6) is 0.470. The fraction of sp³-hybridized carbons (Fsp3) is 0.562. The highest BCUT2D eigenvalue weighted by molar-refractivity contribution is 5.86. The lowest BCUT2D eigenvalue weighted by atomic mass is 9.88. The molecule has 1 aliphatic rings. The highest BCUT2D eigenvalue weighted by atomic mass is 16.6. The minimum absolute atomic E-state index is 0.0684. The molecule has 19 heavy (non-hydrogen) atoms. The lowest BCUT2D eigenvalue weighted by molar-refractivity contribution is 0.0524. The van der Waals surface area contributed by atoms with Crippen molar-refractivity contribution in [1.29, 1.82) is 0 Å². The van der Waals surface area contributed by atoms with Crippen LogP contribution in [0.3, 0.4) is 0 Å². The van der Waals surface area contributed by atoms with Crippen molar-refractivity contribution in [3.63, 3.8) is 0 Å². The van der Waals surface area contributed by atoms with Crippen molar-refractivity contribution in [2.45, 2.75) is 52.6 Å². The molecule has 3 heteroatoms. The van der Waals surface area contributed by atoms with E-state index in [1.807, 2.05) is 32.0 Å². The second kappa shape index (κ2) is 6.09. The largest absolute Gasteiger partial charge is 0.446 e. The van der Waals surface area contributed by atoms with E-state index in [4.69, 9.17) is 4.74 Å². The Hall–Kier alpha value is -1.51. The van der Waals surface area contributed by atoms with Gasteiger partial charge in [0.25, 0.3) is 0 Å². The molecule has 0 aromatic heterocycles. The van der Waals surface area contributed by atoms with Gasteiger partial charge in [-0.15, -0.1) is 0 Å².